The zero-order chi connectivity index (χ0) is 24.4. The first-order chi connectivity index (χ1) is 17.0. The van der Waals surface area contributed by atoms with Gasteiger partial charge in [0.1, 0.15) is 0 Å². The molecule has 8 nitrogen and oxygen atoms in total. The van der Waals surface area contributed by atoms with Crippen LogP contribution in [0.5, 0.6) is 0 Å². The molecule has 0 aliphatic heterocycles. The summed E-state index contributed by atoms with van der Waals surface area (Å²) in [6.07, 6.45) is 0. The van der Waals surface area contributed by atoms with E-state index in [0.29, 0.717) is 22.8 Å². The van der Waals surface area contributed by atoms with Crippen LogP contribution in [-0.4, -0.2) is 25.6 Å². The van der Waals surface area contributed by atoms with Gasteiger partial charge in [-0.25, -0.2) is 4.79 Å². The molecule has 0 aliphatic carbocycles. The molecule has 1 amide bonds. The number of nitrogens with zero attached hydrogens (tertiary/aromatic N) is 3. The molecule has 2 aromatic heterocycles. The quantitative estimate of drug-likeness (QED) is 0.369. The van der Waals surface area contributed by atoms with E-state index in [0.717, 1.165) is 16.6 Å². The van der Waals surface area contributed by atoms with Gasteiger partial charge in [-0.1, -0.05) is 65.8 Å². The van der Waals surface area contributed by atoms with Gasteiger partial charge < -0.3 is 14.8 Å². The molecule has 0 fully saturated rings. The number of aromatic nitrogens is 4. The Bertz CT molecular complexity index is 1480. The molecule has 176 valence electrons. The van der Waals surface area contributed by atoms with Gasteiger partial charge in [-0.3, -0.25) is 9.36 Å². The molecular weight excluding hydrogens is 442 g/mol. The van der Waals surface area contributed by atoms with Crippen molar-refractivity contribution in [2.24, 2.45) is 0 Å². The molecule has 0 saturated carbocycles. The fourth-order valence-electron chi connectivity index (χ4n) is 4.28. The zero-order valence-corrected chi connectivity index (χ0v) is 19.4. The summed E-state index contributed by atoms with van der Waals surface area (Å²) in [6.45, 7) is 4.02. The highest BCUT2D eigenvalue weighted by molar-refractivity contribution is 5.87. The maximum Gasteiger partial charge on any atom is 0.326 e. The second kappa shape index (κ2) is 9.42. The lowest BCUT2D eigenvalue weighted by Gasteiger charge is -2.17. The minimum atomic E-state index is -0.455. The van der Waals surface area contributed by atoms with Crippen LogP contribution in [0.4, 0.5) is 0 Å². The van der Waals surface area contributed by atoms with Crippen LogP contribution in [0.25, 0.3) is 22.4 Å². The first-order valence-electron chi connectivity index (χ1n) is 11.5. The number of benzene rings is 3. The van der Waals surface area contributed by atoms with Crippen molar-refractivity contribution in [3.63, 3.8) is 0 Å². The molecule has 3 aromatic carbocycles. The van der Waals surface area contributed by atoms with E-state index in [-0.39, 0.29) is 24.2 Å². The fraction of sp³-hybridized carbons (Fsp3) is 0.185. The van der Waals surface area contributed by atoms with Gasteiger partial charge in [0.25, 0.3) is 0 Å². The molecule has 0 saturated heterocycles. The van der Waals surface area contributed by atoms with Crippen molar-refractivity contribution in [3.8, 4) is 11.4 Å². The van der Waals surface area contributed by atoms with Crippen LogP contribution in [0.15, 0.2) is 88.2 Å². The average molecular weight is 468 g/mol. The summed E-state index contributed by atoms with van der Waals surface area (Å²) in [6, 6.07) is 24.9. The summed E-state index contributed by atoms with van der Waals surface area (Å²) < 4.78 is 7.09. The van der Waals surface area contributed by atoms with Gasteiger partial charge in [0.05, 0.1) is 23.5 Å². The van der Waals surface area contributed by atoms with Crippen LogP contribution in [0, 0.1) is 0 Å². The van der Waals surface area contributed by atoms with Gasteiger partial charge in [0, 0.05) is 11.6 Å². The Labute approximate surface area is 201 Å². The number of H-pyrrole nitrogens is 1. The molecule has 0 spiro atoms. The molecule has 35 heavy (non-hydrogen) atoms. The second-order valence-electron chi connectivity index (χ2n) is 8.61. The molecule has 2 heterocycles. The van der Waals surface area contributed by atoms with Crippen molar-refractivity contribution in [2.45, 2.75) is 32.4 Å². The summed E-state index contributed by atoms with van der Waals surface area (Å²) in [5.74, 6) is 0.0683. The van der Waals surface area contributed by atoms with Crippen molar-refractivity contribution in [1.29, 1.82) is 0 Å². The second-order valence-corrected chi connectivity index (χ2v) is 8.61. The third-order valence-electron chi connectivity index (χ3n) is 5.90. The number of aromatic amines is 1. The Kier molecular flexibility index (Phi) is 6.01. The molecule has 0 bridgehead atoms. The number of nitrogens with one attached hydrogen (secondary N) is 2. The Balaban J connectivity index is 1.34. The summed E-state index contributed by atoms with van der Waals surface area (Å²) in [5, 5.41) is 6.99. The van der Waals surface area contributed by atoms with Crippen LogP contribution in [0.3, 0.4) is 0 Å². The predicted molar refractivity (Wildman–Crippen MR) is 133 cm³/mol. The highest BCUT2D eigenvalue weighted by atomic mass is 16.5. The number of hydrogen-bond acceptors (Lipinski definition) is 5. The lowest BCUT2D eigenvalue weighted by molar-refractivity contribution is -0.122. The van der Waals surface area contributed by atoms with Gasteiger partial charge in [0.15, 0.2) is 0 Å². The molecule has 5 rings (SSSR count). The van der Waals surface area contributed by atoms with Gasteiger partial charge in [0.2, 0.25) is 17.6 Å². The van der Waals surface area contributed by atoms with E-state index in [4.69, 9.17) is 4.52 Å². The number of hydrogen-bond donors (Lipinski definition) is 2. The van der Waals surface area contributed by atoms with Gasteiger partial charge in [-0.2, -0.15) is 4.98 Å². The third kappa shape index (κ3) is 4.50. The number of rotatable bonds is 7. The van der Waals surface area contributed by atoms with Crippen molar-refractivity contribution in [1.82, 2.24) is 25.0 Å². The highest BCUT2D eigenvalue weighted by Gasteiger charge is 2.23. The molecular formula is C27H25N5O3. The van der Waals surface area contributed by atoms with Crippen molar-refractivity contribution < 1.29 is 9.32 Å². The molecule has 0 atom stereocenters. The van der Waals surface area contributed by atoms with Crippen molar-refractivity contribution in [2.75, 3.05) is 0 Å². The van der Waals surface area contributed by atoms with Crippen LogP contribution in [0.2, 0.25) is 0 Å². The van der Waals surface area contributed by atoms with Crippen LogP contribution in [0.1, 0.15) is 42.8 Å². The number of carbonyl (C=O) groups excluding carboxylic acids is 1. The highest BCUT2D eigenvalue weighted by Crippen LogP contribution is 2.25. The normalized spacial score (nSPS) is 11.4. The molecule has 2 N–H and O–H groups in total. The monoisotopic (exact) mass is 467 g/mol. The molecule has 0 unspecified atom stereocenters. The Morgan fingerprint density at radius 1 is 1.00 bits per heavy atom. The topological polar surface area (TPSA) is 106 Å². The Morgan fingerprint density at radius 3 is 2.29 bits per heavy atom. The van der Waals surface area contributed by atoms with E-state index in [1.807, 2.05) is 92.7 Å². The number of fused-ring (bicyclic) bond motifs is 1. The molecule has 0 radical (unpaired) electrons. The molecule has 5 aromatic rings. The Morgan fingerprint density at radius 2 is 1.66 bits per heavy atom. The van der Waals surface area contributed by atoms with E-state index in [1.165, 1.54) is 0 Å². The standard InChI is InChI=1S/C27H25N5O3/c1-17(2)32-22-14-13-20(15-21(22)29-27(32)34)25-30-23(35-31-25)16-28-26(33)24(18-9-5-3-6-10-18)19-11-7-4-8-12-19/h3-15,17,24H,16H2,1-2H3,(H,28,33)(H,29,34). The maximum atomic E-state index is 13.2. The largest absolute Gasteiger partial charge is 0.346 e. The maximum absolute atomic E-state index is 13.2. The minimum Gasteiger partial charge on any atom is -0.346 e. The SMILES string of the molecule is CC(C)n1c(=O)[nH]c2cc(-c3noc(CNC(=O)C(c4ccccc4)c4ccccc4)n3)ccc21. The van der Waals surface area contributed by atoms with Crippen molar-refractivity contribution in [3.05, 3.63) is 106 Å². The summed E-state index contributed by atoms with van der Waals surface area (Å²) in [5.41, 5.74) is 3.88. The third-order valence-corrected chi connectivity index (χ3v) is 5.90. The smallest absolute Gasteiger partial charge is 0.326 e. The zero-order valence-electron chi connectivity index (χ0n) is 19.4. The van der Waals surface area contributed by atoms with Gasteiger partial charge in [-0.05, 0) is 43.2 Å². The summed E-state index contributed by atoms with van der Waals surface area (Å²) >= 11 is 0. The van der Waals surface area contributed by atoms with E-state index < -0.39 is 5.92 Å². The van der Waals surface area contributed by atoms with Gasteiger partial charge >= 0.3 is 5.69 Å². The van der Waals surface area contributed by atoms with E-state index in [2.05, 4.69) is 20.4 Å². The number of imidazole rings is 1. The summed E-state index contributed by atoms with van der Waals surface area (Å²) in [4.78, 5) is 32.8. The van der Waals surface area contributed by atoms with Crippen molar-refractivity contribution >= 4 is 16.9 Å². The number of carbonyl (C=O) groups is 1. The van der Waals surface area contributed by atoms with Crippen LogP contribution < -0.4 is 11.0 Å². The first kappa shape index (κ1) is 22.3. The minimum absolute atomic E-state index is 0.0399. The lowest BCUT2D eigenvalue weighted by Crippen LogP contribution is -2.29. The molecule has 8 heteroatoms. The van der Waals surface area contributed by atoms with E-state index in [1.54, 1.807) is 4.57 Å². The molecule has 0 aliphatic rings. The predicted octanol–water partition coefficient (Wildman–Crippen LogP) is 4.41. The number of amides is 1. The van der Waals surface area contributed by atoms with Crippen LogP contribution in [-0.2, 0) is 11.3 Å². The average Bonchev–Trinajstić information content (AvgIpc) is 3.47. The lowest BCUT2D eigenvalue weighted by atomic mass is 9.90. The van der Waals surface area contributed by atoms with E-state index in [9.17, 15) is 9.59 Å². The van der Waals surface area contributed by atoms with E-state index >= 15 is 0 Å². The summed E-state index contributed by atoms with van der Waals surface area (Å²) in [7, 11) is 0. The first-order valence-corrected chi connectivity index (χ1v) is 11.5. The van der Waals surface area contributed by atoms with Crippen LogP contribution >= 0.6 is 0 Å². The van der Waals surface area contributed by atoms with Gasteiger partial charge in [-0.15, -0.1) is 0 Å². The fourth-order valence-corrected chi connectivity index (χ4v) is 4.28. The Hall–Kier alpha value is -4.46.